The molecule has 0 saturated heterocycles. The van der Waals surface area contributed by atoms with Gasteiger partial charge in [0, 0.05) is 4.47 Å². The van der Waals surface area contributed by atoms with Crippen LogP contribution in [-0.4, -0.2) is 7.64 Å². The molecule has 1 radical (unpaired) electrons. The van der Waals surface area contributed by atoms with Crippen LogP contribution in [0.4, 0.5) is 0 Å². The monoisotopic (exact) mass is 896 g/mol. The van der Waals surface area contributed by atoms with Gasteiger partial charge in [0.1, 0.15) is 0 Å². The first-order chi connectivity index (χ1) is 31.6. The molecule has 12 aromatic rings. The van der Waals surface area contributed by atoms with Crippen molar-refractivity contribution in [2.24, 2.45) is 4.30 Å². The van der Waals surface area contributed by atoms with Crippen LogP contribution >= 0.6 is 28.7 Å². The van der Waals surface area contributed by atoms with Crippen LogP contribution in [0.5, 0.6) is 0 Å². The summed E-state index contributed by atoms with van der Waals surface area (Å²) in [6.07, 6.45) is 0. The molecule has 301 valence electrons. The number of rotatable bonds is 4. The molecule has 0 bridgehead atoms. The van der Waals surface area contributed by atoms with Crippen LogP contribution in [0.25, 0.3) is 109 Å². The zero-order valence-electron chi connectivity index (χ0n) is 34.9. The minimum atomic E-state index is 1.16. The van der Waals surface area contributed by atoms with E-state index < -0.39 is 0 Å². The molecular weight excluding hydrogens is 857 g/mol. The third-order valence-corrected chi connectivity index (χ3v) is 13.0. The average molecular weight is 898 g/mol. The molecule has 0 unspecified atom stereocenters. The van der Waals surface area contributed by atoms with Crippen molar-refractivity contribution in [3.63, 3.8) is 0 Å². The van der Waals surface area contributed by atoms with Gasteiger partial charge in [-0.15, -0.1) is 0 Å². The van der Waals surface area contributed by atoms with E-state index >= 15 is 0 Å². The van der Waals surface area contributed by atoms with E-state index in [2.05, 4.69) is 277 Å². The first kappa shape index (κ1) is 40.9. The van der Waals surface area contributed by atoms with Gasteiger partial charge in [0.2, 0.25) is 0 Å². The minimum Gasteiger partial charge on any atom is -0.0616 e. The normalized spacial score (nSPS) is 11.0. The summed E-state index contributed by atoms with van der Waals surface area (Å²) in [5.41, 5.74) is 10.1. The van der Waals surface area contributed by atoms with Gasteiger partial charge < -0.3 is 0 Å². The maximum atomic E-state index is 4.34. The molecule has 0 aromatic heterocycles. The fourth-order valence-corrected chi connectivity index (χ4v) is 9.85. The number of hydrogen-bond acceptors (Lipinski definition) is 2. The third kappa shape index (κ3) is 8.03. The predicted molar refractivity (Wildman–Crippen MR) is 285 cm³/mol. The molecule has 0 aliphatic carbocycles. The molecule has 0 amide bonds. The van der Waals surface area contributed by atoms with Gasteiger partial charge in [-0.1, -0.05) is 206 Å². The SMILES string of the molecule is Brc1c2ccccc2c(-c2cccc(-c3ccc4ccccc4c3)c2)c2ccccc12.[B]=NS.c1cc(-c2ccc3ccccc3c2)cc(-c2c3ccccc3cc3ccccc23)c1. The number of nitrogens with zero attached hydrogens (tertiary/aromatic N) is 1. The van der Waals surface area contributed by atoms with Gasteiger partial charge in [0.15, 0.2) is 0 Å². The summed E-state index contributed by atoms with van der Waals surface area (Å²) >= 11 is 7.05. The Bertz CT molecular complexity index is 3580. The van der Waals surface area contributed by atoms with Gasteiger partial charge in [-0.3, -0.25) is 0 Å². The molecule has 64 heavy (non-hydrogen) atoms. The molecule has 12 aromatic carbocycles. The van der Waals surface area contributed by atoms with Gasteiger partial charge >= 0.3 is 24.8 Å². The average Bonchev–Trinajstić information content (AvgIpc) is 3.36. The van der Waals surface area contributed by atoms with Gasteiger partial charge in [0.25, 0.3) is 0 Å². The van der Waals surface area contributed by atoms with Crippen molar-refractivity contribution < 1.29 is 0 Å². The summed E-state index contributed by atoms with van der Waals surface area (Å²) < 4.78 is 3.85. The summed E-state index contributed by atoms with van der Waals surface area (Å²) in [6.45, 7) is 0. The molecule has 0 heterocycles. The Morgan fingerprint density at radius 3 is 1.03 bits per heavy atom. The summed E-state index contributed by atoms with van der Waals surface area (Å²) in [5, 5.41) is 15.3. The van der Waals surface area contributed by atoms with Crippen LogP contribution in [0.1, 0.15) is 0 Å². The molecule has 1 nitrogen and oxygen atoms in total. The third-order valence-electron chi connectivity index (χ3n) is 12.1. The Morgan fingerprint density at radius 1 is 0.281 bits per heavy atom. The number of halogens is 1. The Morgan fingerprint density at radius 2 is 0.594 bits per heavy atom. The van der Waals surface area contributed by atoms with E-state index in [-0.39, 0.29) is 0 Å². The number of thiol groups is 1. The zero-order valence-corrected chi connectivity index (χ0v) is 37.3. The van der Waals surface area contributed by atoms with E-state index in [9.17, 15) is 0 Å². The van der Waals surface area contributed by atoms with Crippen molar-refractivity contribution in [1.82, 2.24) is 0 Å². The summed E-state index contributed by atoms with van der Waals surface area (Å²) in [4.78, 5) is 0. The van der Waals surface area contributed by atoms with E-state index in [1.807, 2.05) is 0 Å². The van der Waals surface area contributed by atoms with Gasteiger partial charge in [-0.25, -0.2) is 0 Å². The number of fused-ring (bicyclic) bond motifs is 6. The van der Waals surface area contributed by atoms with Crippen molar-refractivity contribution >= 4 is 101 Å². The molecule has 12 rings (SSSR count). The van der Waals surface area contributed by atoms with Crippen molar-refractivity contribution in [2.45, 2.75) is 0 Å². The maximum absolute atomic E-state index is 4.34. The van der Waals surface area contributed by atoms with Crippen LogP contribution in [0, 0.1) is 0 Å². The standard InChI is InChI=1S/C30H19Br.C30H20.BHNS/c31-30-27-14-5-3-12-25(27)29(26-13-4-6-15-28(26)30)24-11-7-10-22(19-24)23-17-16-20-8-1-2-9-21(20)18-23;1-2-9-22-18-24(17-16-21(22)8-1)23-12-7-13-27(19-23)30-28-14-5-3-10-25(28)20-26-11-4-6-15-29(26)30;1-2-3/h1-19H;1-20H;3H. The van der Waals surface area contributed by atoms with Gasteiger partial charge in [-0.2, -0.15) is 0 Å². The second kappa shape index (κ2) is 18.3. The Labute approximate surface area is 388 Å². The van der Waals surface area contributed by atoms with Crippen molar-refractivity contribution in [3.8, 4) is 44.5 Å². The Hall–Kier alpha value is -7.11. The van der Waals surface area contributed by atoms with Gasteiger partial charge in [0.05, 0.1) is 0 Å². The zero-order chi connectivity index (χ0) is 43.4. The summed E-state index contributed by atoms with van der Waals surface area (Å²) in [7, 11) is 4.34. The van der Waals surface area contributed by atoms with Crippen LogP contribution in [0.3, 0.4) is 0 Å². The number of hydrogen-bond donors (Lipinski definition) is 1. The van der Waals surface area contributed by atoms with E-state index in [0.29, 0.717) is 0 Å². The van der Waals surface area contributed by atoms with Crippen molar-refractivity contribution in [3.05, 3.63) is 241 Å². The predicted octanol–water partition coefficient (Wildman–Crippen LogP) is 17.9. The first-order valence-electron chi connectivity index (χ1n) is 21.3. The van der Waals surface area contributed by atoms with Crippen LogP contribution in [0.15, 0.2) is 245 Å². The second-order valence-corrected chi connectivity index (χ2v) is 16.9. The molecule has 4 heteroatoms. The van der Waals surface area contributed by atoms with E-state index in [0.717, 1.165) is 4.47 Å². The Kier molecular flexibility index (Phi) is 11.7. The van der Waals surface area contributed by atoms with E-state index in [1.54, 1.807) is 0 Å². The maximum Gasteiger partial charge on any atom is -0.00266 e. The fraction of sp³-hybridized carbons (Fsp3) is 0. The molecule has 0 spiro atoms. The quantitative estimate of drug-likeness (QED) is 0.103. The van der Waals surface area contributed by atoms with E-state index in [4.69, 9.17) is 0 Å². The molecule has 0 atom stereocenters. The largest absolute Gasteiger partial charge is 0.0616 e. The second-order valence-electron chi connectivity index (χ2n) is 15.9. The smallest absolute Gasteiger partial charge is 0.00266 e. The molecular formula is C60H40BBrNS. The van der Waals surface area contributed by atoms with E-state index in [1.165, 1.54) is 109 Å². The van der Waals surface area contributed by atoms with Crippen LogP contribution < -0.4 is 0 Å². The molecule has 0 N–H and O–H groups in total. The molecule has 0 aliphatic heterocycles. The Balaban J connectivity index is 0.000000143. The van der Waals surface area contributed by atoms with Crippen LogP contribution in [0.2, 0.25) is 0 Å². The van der Waals surface area contributed by atoms with Gasteiger partial charge in [-0.05, 0) is 155 Å². The summed E-state index contributed by atoms with van der Waals surface area (Å²) in [5.74, 6) is 0. The first-order valence-corrected chi connectivity index (χ1v) is 22.5. The molecule has 0 aliphatic rings. The minimum absolute atomic E-state index is 1.16. The van der Waals surface area contributed by atoms with Crippen molar-refractivity contribution in [2.75, 3.05) is 0 Å². The topological polar surface area (TPSA) is 12.4 Å². The fourth-order valence-electron chi connectivity index (χ4n) is 9.16. The number of benzene rings is 12. The molecule has 0 fully saturated rings. The van der Waals surface area contributed by atoms with Crippen molar-refractivity contribution in [1.29, 1.82) is 0 Å². The van der Waals surface area contributed by atoms with Crippen LogP contribution in [-0.2, 0) is 0 Å². The molecule has 0 saturated carbocycles. The summed E-state index contributed by atoms with van der Waals surface area (Å²) in [6, 6.07) is 85.4.